The van der Waals surface area contributed by atoms with E-state index in [2.05, 4.69) is 20.0 Å². The van der Waals surface area contributed by atoms with Crippen LogP contribution < -0.4 is 5.32 Å². The second-order valence-corrected chi connectivity index (χ2v) is 7.42. The first-order valence-corrected chi connectivity index (χ1v) is 9.69. The number of anilines is 1. The predicted octanol–water partition coefficient (Wildman–Crippen LogP) is 3.75. The Morgan fingerprint density at radius 2 is 2.04 bits per heavy atom. The van der Waals surface area contributed by atoms with E-state index in [0.29, 0.717) is 11.8 Å². The van der Waals surface area contributed by atoms with Crippen molar-refractivity contribution in [1.82, 2.24) is 19.3 Å². The van der Waals surface area contributed by atoms with Crippen LogP contribution in [0.4, 0.5) is 5.69 Å². The van der Waals surface area contributed by atoms with Crippen LogP contribution in [0.25, 0.3) is 5.69 Å². The topological polar surface area (TPSA) is 64.7 Å². The largest absolute Gasteiger partial charge is 0.323 e. The van der Waals surface area contributed by atoms with E-state index in [0.717, 1.165) is 27.9 Å². The third kappa shape index (κ3) is 3.39. The quantitative estimate of drug-likeness (QED) is 0.674. The molecular weight excluding hydrogens is 346 g/mol. The molecule has 6 nitrogen and oxygen atoms in total. The number of hydrogen-bond acceptors (Lipinski definition) is 4. The minimum atomic E-state index is -0.0424. The lowest BCUT2D eigenvalue weighted by molar-refractivity contribution is -0.113. The van der Waals surface area contributed by atoms with Crippen molar-refractivity contribution in [3.05, 3.63) is 54.1 Å². The van der Waals surface area contributed by atoms with Crippen molar-refractivity contribution in [2.24, 2.45) is 0 Å². The summed E-state index contributed by atoms with van der Waals surface area (Å²) < 4.78 is 4.03. The van der Waals surface area contributed by atoms with Crippen molar-refractivity contribution >= 4 is 23.4 Å². The summed E-state index contributed by atoms with van der Waals surface area (Å²) in [7, 11) is 0. The summed E-state index contributed by atoms with van der Waals surface area (Å²) in [5, 5.41) is 8.50. The van der Waals surface area contributed by atoms with E-state index in [4.69, 9.17) is 0 Å². The summed E-state index contributed by atoms with van der Waals surface area (Å²) >= 11 is 1.48. The molecule has 0 unspecified atom stereocenters. The number of aryl methyl sites for hydroxylation is 1. The van der Waals surface area contributed by atoms with Gasteiger partial charge in [-0.15, -0.1) is 0 Å². The van der Waals surface area contributed by atoms with Crippen molar-refractivity contribution in [1.29, 1.82) is 0 Å². The van der Waals surface area contributed by atoms with Crippen molar-refractivity contribution in [2.45, 2.75) is 37.9 Å². The number of amides is 1. The zero-order valence-electron chi connectivity index (χ0n) is 14.8. The molecule has 2 heterocycles. The van der Waals surface area contributed by atoms with Gasteiger partial charge in [0.2, 0.25) is 5.91 Å². The Morgan fingerprint density at radius 1 is 1.27 bits per heavy atom. The average Bonchev–Trinajstić information content (AvgIpc) is 3.33. The molecule has 1 amide bonds. The normalized spacial score (nSPS) is 13.8. The zero-order valence-corrected chi connectivity index (χ0v) is 15.7. The van der Waals surface area contributed by atoms with Crippen LogP contribution in [-0.4, -0.2) is 31.0 Å². The smallest absolute Gasteiger partial charge is 0.234 e. The van der Waals surface area contributed by atoms with Crippen LogP contribution in [0.5, 0.6) is 0 Å². The summed E-state index contributed by atoms with van der Waals surface area (Å²) in [6, 6.07) is 10.5. The van der Waals surface area contributed by atoms with Crippen LogP contribution in [0.1, 0.15) is 30.3 Å². The van der Waals surface area contributed by atoms with Gasteiger partial charge in [0, 0.05) is 18.4 Å². The summed E-state index contributed by atoms with van der Waals surface area (Å²) in [6.07, 6.45) is 6.20. The summed E-state index contributed by atoms with van der Waals surface area (Å²) in [5.74, 6) is 0.290. The minimum absolute atomic E-state index is 0.0424. The van der Waals surface area contributed by atoms with Gasteiger partial charge < -0.3 is 9.88 Å². The van der Waals surface area contributed by atoms with E-state index in [1.54, 1.807) is 6.20 Å². The van der Waals surface area contributed by atoms with Gasteiger partial charge in [-0.05, 0) is 38.8 Å². The predicted molar refractivity (Wildman–Crippen MR) is 103 cm³/mol. The van der Waals surface area contributed by atoms with Gasteiger partial charge in [0.05, 0.1) is 28.5 Å². The molecule has 0 bridgehead atoms. The first-order chi connectivity index (χ1) is 12.6. The lowest BCUT2D eigenvalue weighted by Gasteiger charge is -2.08. The number of aromatic nitrogens is 4. The molecule has 26 heavy (non-hydrogen) atoms. The minimum Gasteiger partial charge on any atom is -0.323 e. The molecule has 1 aliphatic carbocycles. The van der Waals surface area contributed by atoms with E-state index in [9.17, 15) is 4.79 Å². The fourth-order valence-electron chi connectivity index (χ4n) is 2.99. The number of imidazole rings is 1. The Hall–Kier alpha value is -2.54. The summed E-state index contributed by atoms with van der Waals surface area (Å²) in [4.78, 5) is 16.8. The van der Waals surface area contributed by atoms with Crippen LogP contribution in [-0.2, 0) is 4.79 Å². The third-order valence-corrected chi connectivity index (χ3v) is 5.44. The molecule has 3 aromatic rings. The molecule has 2 aromatic heterocycles. The Morgan fingerprint density at radius 3 is 2.77 bits per heavy atom. The highest BCUT2D eigenvalue weighted by Crippen LogP contribution is 2.37. The number of hydrogen-bond donors (Lipinski definition) is 1. The maximum Gasteiger partial charge on any atom is 0.234 e. The molecule has 0 saturated heterocycles. The molecule has 134 valence electrons. The molecule has 1 fully saturated rings. The van der Waals surface area contributed by atoms with Crippen LogP contribution in [0.2, 0.25) is 0 Å². The van der Waals surface area contributed by atoms with Crippen LogP contribution in [0, 0.1) is 13.8 Å². The molecule has 1 aromatic carbocycles. The zero-order chi connectivity index (χ0) is 18.1. The first-order valence-electron chi connectivity index (χ1n) is 8.70. The second-order valence-electron chi connectivity index (χ2n) is 6.48. The third-order valence-electron chi connectivity index (χ3n) is 4.46. The fourth-order valence-corrected chi connectivity index (χ4v) is 3.82. The van der Waals surface area contributed by atoms with Gasteiger partial charge in [0.1, 0.15) is 0 Å². The van der Waals surface area contributed by atoms with E-state index < -0.39 is 0 Å². The van der Waals surface area contributed by atoms with E-state index in [1.807, 2.05) is 55.1 Å². The molecule has 4 rings (SSSR count). The Labute approximate surface area is 156 Å². The van der Waals surface area contributed by atoms with Crippen LogP contribution in [0.15, 0.2) is 47.9 Å². The first kappa shape index (κ1) is 16.9. The maximum absolute atomic E-state index is 12.4. The number of thioether (sulfide) groups is 1. The molecule has 1 N–H and O–H groups in total. The Balaban J connectivity index is 1.44. The van der Waals surface area contributed by atoms with Gasteiger partial charge in [-0.25, -0.2) is 9.67 Å². The number of carbonyl (C=O) groups excluding carboxylic acids is 1. The monoisotopic (exact) mass is 367 g/mol. The van der Waals surface area contributed by atoms with E-state index in [1.165, 1.54) is 24.6 Å². The van der Waals surface area contributed by atoms with Gasteiger partial charge in [-0.2, -0.15) is 5.10 Å². The molecular formula is C19H21N5OS. The van der Waals surface area contributed by atoms with Gasteiger partial charge >= 0.3 is 0 Å². The SMILES string of the molecule is Cc1nn(-c2ccccc2)c(C)c1NC(=O)CSc1nccn1C1CC1. The van der Waals surface area contributed by atoms with Gasteiger partial charge in [-0.3, -0.25) is 4.79 Å². The van der Waals surface area contributed by atoms with Crippen molar-refractivity contribution in [3.63, 3.8) is 0 Å². The average molecular weight is 367 g/mol. The Bertz CT molecular complexity index is 927. The molecule has 0 radical (unpaired) electrons. The maximum atomic E-state index is 12.4. The Kier molecular flexibility index (Phi) is 4.55. The lowest BCUT2D eigenvalue weighted by atomic mass is 10.3. The highest BCUT2D eigenvalue weighted by molar-refractivity contribution is 7.99. The summed E-state index contributed by atoms with van der Waals surface area (Å²) in [6.45, 7) is 3.88. The standard InChI is InChI=1S/C19H21N5OS/c1-13-18(14(2)24(22-13)16-6-4-3-5-7-16)21-17(25)12-26-19-20-10-11-23(19)15-8-9-15/h3-7,10-11,15H,8-9,12H2,1-2H3,(H,21,25). The van der Waals surface area contributed by atoms with E-state index >= 15 is 0 Å². The molecule has 7 heteroatoms. The van der Waals surface area contributed by atoms with Gasteiger partial charge in [-0.1, -0.05) is 30.0 Å². The van der Waals surface area contributed by atoms with Crippen molar-refractivity contribution in [3.8, 4) is 5.69 Å². The number of nitrogens with zero attached hydrogens (tertiary/aromatic N) is 4. The molecule has 0 aliphatic heterocycles. The number of para-hydroxylation sites is 1. The number of carbonyl (C=O) groups is 1. The second kappa shape index (κ2) is 6.99. The highest BCUT2D eigenvalue weighted by Gasteiger charge is 2.25. The molecule has 1 saturated carbocycles. The number of benzene rings is 1. The number of nitrogens with one attached hydrogen (secondary N) is 1. The van der Waals surface area contributed by atoms with Gasteiger partial charge in [0.15, 0.2) is 5.16 Å². The molecule has 0 spiro atoms. The van der Waals surface area contributed by atoms with Crippen molar-refractivity contribution < 1.29 is 4.79 Å². The summed E-state index contributed by atoms with van der Waals surface area (Å²) in [5.41, 5.74) is 3.50. The van der Waals surface area contributed by atoms with E-state index in [-0.39, 0.29) is 5.91 Å². The lowest BCUT2D eigenvalue weighted by Crippen LogP contribution is -2.15. The van der Waals surface area contributed by atoms with Gasteiger partial charge in [0.25, 0.3) is 0 Å². The molecule has 0 atom stereocenters. The van der Waals surface area contributed by atoms with Crippen LogP contribution >= 0.6 is 11.8 Å². The highest BCUT2D eigenvalue weighted by atomic mass is 32.2. The number of rotatable bonds is 6. The van der Waals surface area contributed by atoms with Crippen molar-refractivity contribution in [2.75, 3.05) is 11.1 Å². The fraction of sp³-hybridized carbons (Fsp3) is 0.316. The van der Waals surface area contributed by atoms with Crippen LogP contribution in [0.3, 0.4) is 0 Å². The molecule has 1 aliphatic rings.